The van der Waals surface area contributed by atoms with Gasteiger partial charge in [-0.3, -0.25) is 0 Å². The molecule has 22 heavy (non-hydrogen) atoms. The molecule has 0 atom stereocenters. The molecule has 118 valence electrons. The number of benzene rings is 1. The van der Waals surface area contributed by atoms with Gasteiger partial charge in [-0.2, -0.15) is 0 Å². The number of aryl methyl sites for hydroxylation is 1. The number of rotatable bonds is 7. The van der Waals surface area contributed by atoms with Gasteiger partial charge in [-0.05, 0) is 69.6 Å². The number of piperidine rings is 1. The molecule has 0 spiro atoms. The van der Waals surface area contributed by atoms with Crippen molar-refractivity contribution >= 4 is 0 Å². The highest BCUT2D eigenvalue weighted by Crippen LogP contribution is 2.21. The quantitative estimate of drug-likeness (QED) is 0.790. The number of unbranched alkanes of at least 4 members (excludes halogenated alkanes) is 1. The van der Waals surface area contributed by atoms with Crippen LogP contribution in [0.1, 0.15) is 36.9 Å². The standard InChI is InChI=1S/C19H27N3/c1-2-6-17(7-3-1)8-4-5-11-22-12-9-18(10-13-22)14-19-15-20-16-21-19/h1-3,6-7,15-16,18H,4-5,8-14H2,(H,20,21). The minimum Gasteiger partial charge on any atom is -0.348 e. The fourth-order valence-electron chi connectivity index (χ4n) is 3.43. The maximum Gasteiger partial charge on any atom is 0.0921 e. The molecule has 1 N–H and O–H groups in total. The molecule has 3 nitrogen and oxygen atoms in total. The first kappa shape index (κ1) is 15.3. The van der Waals surface area contributed by atoms with E-state index in [-0.39, 0.29) is 0 Å². The van der Waals surface area contributed by atoms with E-state index >= 15 is 0 Å². The lowest BCUT2D eigenvalue weighted by Gasteiger charge is -2.31. The largest absolute Gasteiger partial charge is 0.348 e. The summed E-state index contributed by atoms with van der Waals surface area (Å²) < 4.78 is 0. The van der Waals surface area contributed by atoms with Crippen molar-refractivity contribution in [3.63, 3.8) is 0 Å². The molecule has 1 saturated heterocycles. The molecule has 1 aliphatic heterocycles. The van der Waals surface area contributed by atoms with E-state index in [9.17, 15) is 0 Å². The van der Waals surface area contributed by atoms with Crippen molar-refractivity contribution in [2.24, 2.45) is 5.92 Å². The number of likely N-dealkylation sites (tertiary alicyclic amines) is 1. The highest BCUT2D eigenvalue weighted by molar-refractivity contribution is 5.14. The molecule has 2 aromatic rings. The molecule has 0 saturated carbocycles. The van der Waals surface area contributed by atoms with Crippen LogP contribution in [0.4, 0.5) is 0 Å². The molecule has 0 bridgehead atoms. The predicted octanol–water partition coefficient (Wildman–Crippen LogP) is 3.69. The highest BCUT2D eigenvalue weighted by Gasteiger charge is 2.19. The lowest BCUT2D eigenvalue weighted by molar-refractivity contribution is 0.181. The second kappa shape index (κ2) is 8.14. The first-order valence-corrected chi connectivity index (χ1v) is 8.63. The molecule has 3 rings (SSSR count). The molecule has 0 radical (unpaired) electrons. The molecular formula is C19H27N3. The smallest absolute Gasteiger partial charge is 0.0921 e. The van der Waals surface area contributed by atoms with E-state index in [1.807, 2.05) is 6.20 Å². The summed E-state index contributed by atoms with van der Waals surface area (Å²) >= 11 is 0. The van der Waals surface area contributed by atoms with Crippen molar-refractivity contribution < 1.29 is 0 Å². The van der Waals surface area contributed by atoms with Crippen molar-refractivity contribution in [1.82, 2.24) is 14.9 Å². The third-order valence-electron chi connectivity index (χ3n) is 4.80. The number of aromatic amines is 1. The lowest BCUT2D eigenvalue weighted by Crippen LogP contribution is -2.35. The van der Waals surface area contributed by atoms with Gasteiger partial charge in [0, 0.05) is 11.9 Å². The topological polar surface area (TPSA) is 31.9 Å². The van der Waals surface area contributed by atoms with Crippen LogP contribution in [-0.2, 0) is 12.8 Å². The highest BCUT2D eigenvalue weighted by atomic mass is 15.1. The molecule has 1 aromatic heterocycles. The summed E-state index contributed by atoms with van der Waals surface area (Å²) in [5.41, 5.74) is 2.77. The number of imidazole rings is 1. The maximum atomic E-state index is 4.11. The average Bonchev–Trinajstić information content (AvgIpc) is 3.07. The summed E-state index contributed by atoms with van der Waals surface area (Å²) in [5, 5.41) is 0. The van der Waals surface area contributed by atoms with E-state index < -0.39 is 0 Å². The van der Waals surface area contributed by atoms with Crippen LogP contribution in [0.25, 0.3) is 0 Å². The van der Waals surface area contributed by atoms with Crippen LogP contribution in [-0.4, -0.2) is 34.5 Å². The Kier molecular flexibility index (Phi) is 5.66. The lowest BCUT2D eigenvalue weighted by atomic mass is 9.92. The van der Waals surface area contributed by atoms with E-state index in [1.54, 1.807) is 6.33 Å². The molecule has 1 aromatic carbocycles. The van der Waals surface area contributed by atoms with Crippen LogP contribution in [0.2, 0.25) is 0 Å². The van der Waals surface area contributed by atoms with Gasteiger partial charge < -0.3 is 9.88 Å². The Labute approximate surface area is 133 Å². The van der Waals surface area contributed by atoms with Gasteiger partial charge in [0.25, 0.3) is 0 Å². The Morgan fingerprint density at radius 2 is 1.91 bits per heavy atom. The zero-order valence-corrected chi connectivity index (χ0v) is 13.4. The van der Waals surface area contributed by atoms with E-state index in [0.717, 1.165) is 5.92 Å². The maximum absolute atomic E-state index is 4.11. The molecule has 3 heteroatoms. The molecule has 0 amide bonds. The minimum atomic E-state index is 0.834. The number of hydrogen-bond acceptors (Lipinski definition) is 2. The molecule has 2 heterocycles. The average molecular weight is 297 g/mol. The fourth-order valence-corrected chi connectivity index (χ4v) is 3.43. The second-order valence-electron chi connectivity index (χ2n) is 6.51. The zero-order valence-electron chi connectivity index (χ0n) is 13.4. The van der Waals surface area contributed by atoms with E-state index in [4.69, 9.17) is 0 Å². The Morgan fingerprint density at radius 3 is 2.64 bits per heavy atom. The van der Waals surface area contributed by atoms with E-state index in [1.165, 1.54) is 69.4 Å². The minimum absolute atomic E-state index is 0.834. The Balaban J connectivity index is 1.29. The van der Waals surface area contributed by atoms with Crippen LogP contribution >= 0.6 is 0 Å². The third-order valence-corrected chi connectivity index (χ3v) is 4.80. The van der Waals surface area contributed by atoms with Crippen molar-refractivity contribution in [1.29, 1.82) is 0 Å². The van der Waals surface area contributed by atoms with Gasteiger partial charge in [-0.25, -0.2) is 4.98 Å². The van der Waals surface area contributed by atoms with Crippen molar-refractivity contribution in [3.05, 3.63) is 54.1 Å². The van der Waals surface area contributed by atoms with Gasteiger partial charge in [-0.1, -0.05) is 30.3 Å². The molecule has 1 fully saturated rings. The molecule has 1 aliphatic rings. The second-order valence-corrected chi connectivity index (χ2v) is 6.51. The summed E-state index contributed by atoms with van der Waals surface area (Å²) in [5.74, 6) is 0.834. The van der Waals surface area contributed by atoms with E-state index in [0.29, 0.717) is 0 Å². The summed E-state index contributed by atoms with van der Waals surface area (Å²) in [4.78, 5) is 9.99. The molecule has 0 aliphatic carbocycles. The summed E-state index contributed by atoms with van der Waals surface area (Å²) in [6.07, 6.45) is 11.4. The normalized spacial score (nSPS) is 16.9. The van der Waals surface area contributed by atoms with Crippen LogP contribution in [0.3, 0.4) is 0 Å². The summed E-state index contributed by atoms with van der Waals surface area (Å²) in [7, 11) is 0. The van der Waals surface area contributed by atoms with Gasteiger partial charge in [0.05, 0.1) is 6.33 Å². The number of hydrogen-bond donors (Lipinski definition) is 1. The SMILES string of the molecule is c1ccc(CCCCN2CCC(Cc3cnc[nH]3)CC2)cc1. The van der Waals surface area contributed by atoms with Crippen molar-refractivity contribution in [2.45, 2.75) is 38.5 Å². The summed E-state index contributed by atoms with van der Waals surface area (Å²) in [6.45, 7) is 3.80. The Bertz CT molecular complexity index is 513. The van der Waals surface area contributed by atoms with Crippen LogP contribution in [0.5, 0.6) is 0 Å². The molecular weight excluding hydrogens is 270 g/mol. The molecule has 0 unspecified atom stereocenters. The number of nitrogens with one attached hydrogen (secondary N) is 1. The first-order chi connectivity index (χ1) is 10.9. The van der Waals surface area contributed by atoms with Gasteiger partial charge in [-0.15, -0.1) is 0 Å². The summed E-state index contributed by atoms with van der Waals surface area (Å²) in [6, 6.07) is 10.8. The van der Waals surface area contributed by atoms with Crippen molar-refractivity contribution in [3.8, 4) is 0 Å². The Hall–Kier alpha value is -1.61. The number of aromatic nitrogens is 2. The van der Waals surface area contributed by atoms with Gasteiger partial charge in [0.15, 0.2) is 0 Å². The Morgan fingerprint density at radius 1 is 1.09 bits per heavy atom. The van der Waals surface area contributed by atoms with Gasteiger partial charge in [0.1, 0.15) is 0 Å². The van der Waals surface area contributed by atoms with Crippen LogP contribution in [0, 0.1) is 5.92 Å². The monoisotopic (exact) mass is 297 g/mol. The number of H-pyrrole nitrogens is 1. The number of nitrogens with zero attached hydrogens (tertiary/aromatic N) is 2. The van der Waals surface area contributed by atoms with E-state index in [2.05, 4.69) is 45.2 Å². The van der Waals surface area contributed by atoms with Crippen LogP contribution < -0.4 is 0 Å². The van der Waals surface area contributed by atoms with Crippen LogP contribution in [0.15, 0.2) is 42.9 Å². The van der Waals surface area contributed by atoms with Gasteiger partial charge in [0.2, 0.25) is 0 Å². The van der Waals surface area contributed by atoms with Crippen molar-refractivity contribution in [2.75, 3.05) is 19.6 Å². The zero-order chi connectivity index (χ0) is 15.0. The fraction of sp³-hybridized carbons (Fsp3) is 0.526. The third kappa shape index (κ3) is 4.70. The first-order valence-electron chi connectivity index (χ1n) is 8.63. The predicted molar refractivity (Wildman–Crippen MR) is 90.8 cm³/mol. The van der Waals surface area contributed by atoms with Gasteiger partial charge >= 0.3 is 0 Å².